The van der Waals surface area contributed by atoms with Gasteiger partial charge in [-0.15, -0.1) is 0 Å². The molecule has 66 valence electrons. The average Bonchev–Trinajstić information content (AvgIpc) is 2.31. The molecule has 0 amide bonds. The van der Waals surface area contributed by atoms with Crippen molar-refractivity contribution in [1.29, 1.82) is 0 Å². The number of nitrogens with one attached hydrogen (secondary N) is 1. The van der Waals surface area contributed by atoms with E-state index in [1.165, 1.54) is 0 Å². The summed E-state index contributed by atoms with van der Waals surface area (Å²) in [6.07, 6.45) is 3.06. The molecule has 0 aromatic rings. The molecule has 1 saturated carbocycles. The first kappa shape index (κ1) is 9.36. The van der Waals surface area contributed by atoms with Gasteiger partial charge in [-0.25, -0.2) is 0 Å². The summed E-state index contributed by atoms with van der Waals surface area (Å²) in [5.41, 5.74) is 0. The van der Waals surface area contributed by atoms with Crippen molar-refractivity contribution in [2.75, 3.05) is 6.54 Å². The number of aliphatic hydroxyl groups excluding tert-OH is 1. The third-order valence-corrected chi connectivity index (χ3v) is 2.40. The van der Waals surface area contributed by atoms with E-state index >= 15 is 0 Å². The molecule has 1 fully saturated rings. The van der Waals surface area contributed by atoms with E-state index in [1.54, 1.807) is 0 Å². The van der Waals surface area contributed by atoms with E-state index < -0.39 is 0 Å². The van der Waals surface area contributed by atoms with Crippen LogP contribution in [0.1, 0.15) is 26.2 Å². The highest BCUT2D eigenvalue weighted by Crippen LogP contribution is 2.24. The van der Waals surface area contributed by atoms with Crippen molar-refractivity contribution < 1.29 is 5.11 Å². The van der Waals surface area contributed by atoms with E-state index in [1.807, 2.05) is 6.92 Å². The van der Waals surface area contributed by atoms with Gasteiger partial charge in [-0.1, -0.05) is 0 Å². The zero-order valence-corrected chi connectivity index (χ0v) is 7.85. The molecule has 2 nitrogen and oxygen atoms in total. The van der Waals surface area contributed by atoms with Crippen LogP contribution in [-0.2, 0) is 0 Å². The van der Waals surface area contributed by atoms with Crippen molar-refractivity contribution in [3.05, 3.63) is 0 Å². The van der Waals surface area contributed by atoms with Crippen molar-refractivity contribution in [1.82, 2.24) is 5.32 Å². The largest absolute Gasteiger partial charge is 0.393 e. The van der Waals surface area contributed by atoms with Gasteiger partial charge in [0.2, 0.25) is 0 Å². The molecule has 1 aliphatic carbocycles. The minimum absolute atomic E-state index is 0.0444. The molecule has 0 radical (unpaired) electrons. The molecule has 0 aromatic heterocycles. The molecular weight excluding hydrogens is 158 g/mol. The van der Waals surface area contributed by atoms with Gasteiger partial charge in [0.1, 0.15) is 0 Å². The topological polar surface area (TPSA) is 32.3 Å². The minimum Gasteiger partial charge on any atom is -0.393 e. The lowest BCUT2D eigenvalue weighted by atomic mass is 10.1. The highest BCUT2D eigenvalue weighted by atomic mass is 32.1. The monoisotopic (exact) mass is 175 g/mol. The second-order valence-electron chi connectivity index (χ2n) is 3.42. The van der Waals surface area contributed by atoms with Crippen LogP contribution in [0.4, 0.5) is 0 Å². The van der Waals surface area contributed by atoms with Crippen LogP contribution in [0.3, 0.4) is 0 Å². The zero-order chi connectivity index (χ0) is 8.27. The minimum atomic E-state index is -0.0444. The van der Waals surface area contributed by atoms with Crippen molar-refractivity contribution >= 4 is 12.6 Å². The fraction of sp³-hybridized carbons (Fsp3) is 1.00. The van der Waals surface area contributed by atoms with Crippen LogP contribution in [0.15, 0.2) is 0 Å². The smallest absolute Gasteiger partial charge is 0.0543 e. The van der Waals surface area contributed by atoms with Gasteiger partial charge in [0.05, 0.1) is 6.10 Å². The normalized spacial score (nSPS) is 34.1. The molecule has 3 heteroatoms. The van der Waals surface area contributed by atoms with Crippen LogP contribution in [-0.4, -0.2) is 23.1 Å². The van der Waals surface area contributed by atoms with Crippen LogP contribution in [0.5, 0.6) is 0 Å². The summed E-state index contributed by atoms with van der Waals surface area (Å²) in [6.45, 7) is 3.02. The van der Waals surface area contributed by atoms with Gasteiger partial charge in [0.25, 0.3) is 0 Å². The number of hydrogen-bond donors (Lipinski definition) is 3. The van der Waals surface area contributed by atoms with Crippen LogP contribution < -0.4 is 5.32 Å². The Hall–Kier alpha value is 0.270. The standard InChI is InChI=1S/C8H17NOS/c1-6(11)9-5-7-2-3-8(10)4-7/h6-11H,2-5H2,1H3/t6?,7-,8-/m0/s1. The van der Waals surface area contributed by atoms with Crippen molar-refractivity contribution in [3.63, 3.8) is 0 Å². The molecule has 0 saturated heterocycles. The summed E-state index contributed by atoms with van der Waals surface area (Å²) in [4.78, 5) is 0. The number of rotatable bonds is 3. The van der Waals surface area contributed by atoms with E-state index in [2.05, 4.69) is 17.9 Å². The maximum Gasteiger partial charge on any atom is 0.0543 e. The molecule has 3 atom stereocenters. The van der Waals surface area contributed by atoms with Crippen LogP contribution in [0.2, 0.25) is 0 Å². The second-order valence-corrected chi connectivity index (χ2v) is 4.19. The first-order valence-electron chi connectivity index (χ1n) is 4.28. The lowest BCUT2D eigenvalue weighted by Gasteiger charge is -2.12. The van der Waals surface area contributed by atoms with E-state index in [0.717, 1.165) is 25.8 Å². The third kappa shape index (κ3) is 3.45. The Balaban J connectivity index is 2.08. The Morgan fingerprint density at radius 3 is 2.82 bits per heavy atom. The Kier molecular flexibility index (Phi) is 3.69. The Bertz CT molecular complexity index is 119. The molecule has 0 aliphatic heterocycles. The molecule has 0 spiro atoms. The Morgan fingerprint density at radius 1 is 1.64 bits per heavy atom. The number of hydrogen-bond acceptors (Lipinski definition) is 3. The van der Waals surface area contributed by atoms with Gasteiger partial charge in [0.15, 0.2) is 0 Å². The molecular formula is C8H17NOS. The lowest BCUT2D eigenvalue weighted by molar-refractivity contribution is 0.177. The number of aliphatic hydroxyl groups is 1. The maximum atomic E-state index is 9.22. The lowest BCUT2D eigenvalue weighted by Crippen LogP contribution is -2.26. The third-order valence-electron chi connectivity index (χ3n) is 2.22. The van der Waals surface area contributed by atoms with E-state index in [4.69, 9.17) is 0 Å². The zero-order valence-electron chi connectivity index (χ0n) is 6.95. The highest BCUT2D eigenvalue weighted by molar-refractivity contribution is 7.80. The summed E-state index contributed by atoms with van der Waals surface area (Å²) in [7, 11) is 0. The fourth-order valence-corrected chi connectivity index (χ4v) is 1.68. The highest BCUT2D eigenvalue weighted by Gasteiger charge is 2.22. The van der Waals surface area contributed by atoms with Crippen LogP contribution in [0, 0.1) is 5.92 Å². The van der Waals surface area contributed by atoms with Gasteiger partial charge in [-0.05, 0) is 38.6 Å². The van der Waals surface area contributed by atoms with Crippen molar-refractivity contribution in [2.45, 2.75) is 37.7 Å². The SMILES string of the molecule is CC(S)NC[C@H]1CC[C@H](O)C1. The molecule has 0 bridgehead atoms. The molecule has 1 unspecified atom stereocenters. The fourth-order valence-electron chi connectivity index (χ4n) is 1.57. The maximum absolute atomic E-state index is 9.22. The first-order chi connectivity index (χ1) is 5.18. The molecule has 0 aromatic carbocycles. The predicted octanol–water partition coefficient (Wildman–Crippen LogP) is 1.01. The Morgan fingerprint density at radius 2 is 2.36 bits per heavy atom. The molecule has 11 heavy (non-hydrogen) atoms. The average molecular weight is 175 g/mol. The summed E-state index contributed by atoms with van der Waals surface area (Å²) in [5.74, 6) is 0.666. The predicted molar refractivity (Wildman–Crippen MR) is 49.8 cm³/mol. The first-order valence-corrected chi connectivity index (χ1v) is 4.79. The molecule has 1 rings (SSSR count). The summed E-state index contributed by atoms with van der Waals surface area (Å²) >= 11 is 4.22. The van der Waals surface area contributed by atoms with Crippen LogP contribution in [0.25, 0.3) is 0 Å². The van der Waals surface area contributed by atoms with E-state index in [9.17, 15) is 5.11 Å². The summed E-state index contributed by atoms with van der Waals surface area (Å²) in [5, 5.41) is 12.8. The van der Waals surface area contributed by atoms with Gasteiger partial charge < -0.3 is 10.4 Å². The number of thiol groups is 1. The van der Waals surface area contributed by atoms with Gasteiger partial charge in [0, 0.05) is 5.37 Å². The van der Waals surface area contributed by atoms with Gasteiger partial charge in [-0.3, -0.25) is 0 Å². The van der Waals surface area contributed by atoms with Crippen LogP contribution >= 0.6 is 12.6 Å². The van der Waals surface area contributed by atoms with Crippen molar-refractivity contribution in [3.8, 4) is 0 Å². The van der Waals surface area contributed by atoms with E-state index in [0.29, 0.717) is 5.92 Å². The molecule has 2 N–H and O–H groups in total. The summed E-state index contributed by atoms with van der Waals surface area (Å²) in [6, 6.07) is 0. The second kappa shape index (κ2) is 4.33. The van der Waals surface area contributed by atoms with Gasteiger partial charge in [-0.2, -0.15) is 12.6 Å². The molecule has 0 heterocycles. The van der Waals surface area contributed by atoms with Gasteiger partial charge >= 0.3 is 0 Å². The molecule has 1 aliphatic rings. The Labute approximate surface area is 73.8 Å². The van der Waals surface area contributed by atoms with E-state index in [-0.39, 0.29) is 11.5 Å². The van der Waals surface area contributed by atoms with Crippen molar-refractivity contribution in [2.24, 2.45) is 5.92 Å². The quantitative estimate of drug-likeness (QED) is 0.442. The summed E-state index contributed by atoms with van der Waals surface area (Å²) < 4.78 is 0.